The molecular formula is C21H12Cl2IN3OS2. The largest absolute Gasteiger partial charge is 0.332 e. The average Bonchev–Trinajstić information content (AvgIpc) is 3.13. The van der Waals surface area contributed by atoms with Gasteiger partial charge in [0.2, 0.25) is 0 Å². The van der Waals surface area contributed by atoms with Crippen molar-refractivity contribution in [2.24, 2.45) is 0 Å². The van der Waals surface area contributed by atoms with Gasteiger partial charge in [-0.2, -0.15) is 0 Å². The van der Waals surface area contributed by atoms with Crippen LogP contribution in [0.5, 0.6) is 0 Å². The highest BCUT2D eigenvalue weighted by Crippen LogP contribution is 2.35. The molecule has 1 amide bonds. The minimum atomic E-state index is -0.381. The molecular weight excluding hydrogens is 572 g/mol. The molecule has 2 N–H and O–H groups in total. The fourth-order valence-electron chi connectivity index (χ4n) is 2.76. The standard InChI is InChI=1S/C21H12Cl2IN3OS2/c22-15-8-5-11(24)9-14(15)19(28)27-21(29)25-12-6-7-13(16(23)10-12)20-26-17-3-1-2-4-18(17)30-20/h1-10H,(H2,25,27,28,29). The van der Waals surface area contributed by atoms with E-state index in [1.807, 2.05) is 42.5 Å². The van der Waals surface area contributed by atoms with Gasteiger partial charge in [0.05, 0.1) is 25.8 Å². The van der Waals surface area contributed by atoms with Gasteiger partial charge >= 0.3 is 0 Å². The molecule has 0 aliphatic rings. The summed E-state index contributed by atoms with van der Waals surface area (Å²) in [6, 6.07) is 18.6. The molecule has 0 spiro atoms. The van der Waals surface area contributed by atoms with Crippen LogP contribution in [-0.2, 0) is 0 Å². The predicted octanol–water partition coefficient (Wildman–Crippen LogP) is 7.00. The molecule has 0 aliphatic heterocycles. The Morgan fingerprint density at radius 3 is 2.60 bits per heavy atom. The smallest absolute Gasteiger partial charge is 0.258 e. The number of carbonyl (C=O) groups is 1. The van der Waals surface area contributed by atoms with E-state index in [9.17, 15) is 4.79 Å². The molecule has 0 bridgehead atoms. The van der Waals surface area contributed by atoms with E-state index in [1.165, 1.54) is 0 Å². The molecule has 1 heterocycles. The van der Waals surface area contributed by atoms with Crippen LogP contribution in [0.15, 0.2) is 60.7 Å². The maximum Gasteiger partial charge on any atom is 0.258 e. The lowest BCUT2D eigenvalue weighted by molar-refractivity contribution is 0.0978. The van der Waals surface area contributed by atoms with Crippen LogP contribution < -0.4 is 10.6 Å². The third kappa shape index (κ3) is 4.76. The van der Waals surface area contributed by atoms with E-state index in [4.69, 9.17) is 35.4 Å². The highest BCUT2D eigenvalue weighted by atomic mass is 127. The van der Waals surface area contributed by atoms with E-state index in [2.05, 4.69) is 38.2 Å². The Hall–Kier alpha value is -1.78. The highest BCUT2D eigenvalue weighted by Gasteiger charge is 2.14. The molecule has 30 heavy (non-hydrogen) atoms. The summed E-state index contributed by atoms with van der Waals surface area (Å²) in [5, 5.41) is 7.50. The Balaban J connectivity index is 1.48. The molecule has 0 saturated carbocycles. The summed E-state index contributed by atoms with van der Waals surface area (Å²) in [6.07, 6.45) is 0. The van der Waals surface area contributed by atoms with Gasteiger partial charge in [0, 0.05) is 14.8 Å². The number of rotatable bonds is 3. The molecule has 4 aromatic rings. The SMILES string of the molecule is O=C(NC(=S)Nc1ccc(-c2nc3ccccc3s2)c(Cl)c1)c1cc(I)ccc1Cl. The van der Waals surface area contributed by atoms with E-state index in [0.29, 0.717) is 21.3 Å². The Kier molecular flexibility index (Phi) is 6.54. The van der Waals surface area contributed by atoms with Gasteiger partial charge in [0.1, 0.15) is 5.01 Å². The Morgan fingerprint density at radius 1 is 1.03 bits per heavy atom. The second-order valence-electron chi connectivity index (χ2n) is 6.21. The number of nitrogens with one attached hydrogen (secondary N) is 2. The summed E-state index contributed by atoms with van der Waals surface area (Å²) in [6.45, 7) is 0. The van der Waals surface area contributed by atoms with Gasteiger partial charge in [-0.25, -0.2) is 4.98 Å². The Morgan fingerprint density at radius 2 is 1.83 bits per heavy atom. The topological polar surface area (TPSA) is 54.0 Å². The summed E-state index contributed by atoms with van der Waals surface area (Å²) in [5.41, 5.74) is 2.79. The van der Waals surface area contributed by atoms with Gasteiger partial charge in [0.25, 0.3) is 5.91 Å². The summed E-state index contributed by atoms with van der Waals surface area (Å²) in [7, 11) is 0. The number of aromatic nitrogens is 1. The predicted molar refractivity (Wildman–Crippen MR) is 138 cm³/mol. The summed E-state index contributed by atoms with van der Waals surface area (Å²) >= 11 is 21.6. The van der Waals surface area contributed by atoms with Crippen molar-refractivity contribution in [1.82, 2.24) is 10.3 Å². The molecule has 0 fully saturated rings. The van der Waals surface area contributed by atoms with Crippen LogP contribution in [0, 0.1) is 3.57 Å². The fraction of sp³-hybridized carbons (Fsp3) is 0. The first kappa shape index (κ1) is 21.5. The third-order valence-corrected chi connectivity index (χ3v) is 6.74. The van der Waals surface area contributed by atoms with Crippen LogP contribution in [0.1, 0.15) is 10.4 Å². The normalized spacial score (nSPS) is 10.8. The number of benzene rings is 3. The fourth-order valence-corrected chi connectivity index (χ4v) is 4.99. The van der Waals surface area contributed by atoms with Crippen molar-refractivity contribution in [2.75, 3.05) is 5.32 Å². The van der Waals surface area contributed by atoms with E-state index in [1.54, 1.807) is 29.5 Å². The molecule has 0 atom stereocenters. The van der Waals surface area contributed by atoms with Gasteiger partial charge in [-0.05, 0) is 83.3 Å². The van der Waals surface area contributed by atoms with E-state index < -0.39 is 0 Å². The van der Waals surface area contributed by atoms with Crippen molar-refractivity contribution in [3.63, 3.8) is 0 Å². The van der Waals surface area contributed by atoms with Crippen molar-refractivity contribution in [1.29, 1.82) is 0 Å². The molecule has 0 saturated heterocycles. The van der Waals surface area contributed by atoms with Crippen LogP contribution in [0.4, 0.5) is 5.69 Å². The Bertz CT molecular complexity index is 1260. The van der Waals surface area contributed by atoms with Gasteiger partial charge in [-0.1, -0.05) is 35.3 Å². The summed E-state index contributed by atoms with van der Waals surface area (Å²) < 4.78 is 2.00. The average molecular weight is 584 g/mol. The van der Waals surface area contributed by atoms with Crippen molar-refractivity contribution in [3.8, 4) is 10.6 Å². The highest BCUT2D eigenvalue weighted by molar-refractivity contribution is 14.1. The minimum Gasteiger partial charge on any atom is -0.332 e. The molecule has 0 aliphatic carbocycles. The van der Waals surface area contributed by atoms with Crippen molar-refractivity contribution < 1.29 is 4.79 Å². The number of thiazole rings is 1. The number of para-hydroxylation sites is 1. The van der Waals surface area contributed by atoms with Crippen LogP contribution in [0.2, 0.25) is 10.0 Å². The van der Waals surface area contributed by atoms with Crippen LogP contribution >= 0.6 is 69.3 Å². The van der Waals surface area contributed by atoms with Gasteiger partial charge < -0.3 is 5.32 Å². The van der Waals surface area contributed by atoms with Crippen LogP contribution in [0.25, 0.3) is 20.8 Å². The number of amides is 1. The van der Waals surface area contributed by atoms with Gasteiger partial charge in [-0.15, -0.1) is 11.3 Å². The summed E-state index contributed by atoms with van der Waals surface area (Å²) in [5.74, 6) is -0.381. The van der Waals surface area contributed by atoms with E-state index in [0.717, 1.165) is 24.4 Å². The molecule has 0 unspecified atom stereocenters. The molecule has 4 nitrogen and oxygen atoms in total. The molecule has 150 valence electrons. The quantitative estimate of drug-likeness (QED) is 0.201. The van der Waals surface area contributed by atoms with Crippen LogP contribution in [-0.4, -0.2) is 16.0 Å². The number of fused-ring (bicyclic) bond motifs is 1. The lowest BCUT2D eigenvalue weighted by Crippen LogP contribution is -2.34. The number of anilines is 1. The minimum absolute atomic E-state index is 0.152. The van der Waals surface area contributed by atoms with Gasteiger partial charge in [-0.3, -0.25) is 10.1 Å². The number of nitrogens with zero attached hydrogens (tertiary/aromatic N) is 1. The monoisotopic (exact) mass is 583 g/mol. The second kappa shape index (κ2) is 9.15. The molecule has 9 heteroatoms. The first-order chi connectivity index (χ1) is 14.4. The van der Waals surface area contributed by atoms with Gasteiger partial charge in [0.15, 0.2) is 5.11 Å². The van der Waals surface area contributed by atoms with Crippen molar-refractivity contribution in [3.05, 3.63) is 79.8 Å². The van der Waals surface area contributed by atoms with Crippen molar-refractivity contribution >= 4 is 96.3 Å². The number of carbonyl (C=O) groups excluding carboxylic acids is 1. The molecule has 0 radical (unpaired) electrons. The zero-order valence-corrected chi connectivity index (χ0v) is 20.4. The number of hydrogen-bond donors (Lipinski definition) is 2. The molecule has 1 aromatic heterocycles. The third-order valence-electron chi connectivity index (χ3n) is 4.15. The number of thiocarbonyl (C=S) groups is 1. The lowest BCUT2D eigenvalue weighted by atomic mass is 10.2. The summed E-state index contributed by atoms with van der Waals surface area (Å²) in [4.78, 5) is 17.1. The number of halogens is 3. The second-order valence-corrected chi connectivity index (χ2v) is 9.71. The van der Waals surface area contributed by atoms with Crippen molar-refractivity contribution in [2.45, 2.75) is 0 Å². The molecule has 4 rings (SSSR count). The number of hydrogen-bond acceptors (Lipinski definition) is 4. The zero-order valence-electron chi connectivity index (χ0n) is 15.1. The Labute approximate surface area is 205 Å². The lowest BCUT2D eigenvalue weighted by Gasteiger charge is -2.11. The molecule has 3 aromatic carbocycles. The maximum atomic E-state index is 12.5. The van der Waals surface area contributed by atoms with E-state index in [-0.39, 0.29) is 11.0 Å². The first-order valence-electron chi connectivity index (χ1n) is 8.63. The van der Waals surface area contributed by atoms with E-state index >= 15 is 0 Å². The maximum absolute atomic E-state index is 12.5. The van der Waals surface area contributed by atoms with Crippen LogP contribution in [0.3, 0.4) is 0 Å². The zero-order chi connectivity index (χ0) is 21.3. The first-order valence-corrected chi connectivity index (χ1v) is 11.7.